The van der Waals surface area contributed by atoms with Crippen molar-refractivity contribution in [3.63, 3.8) is 0 Å². The molecule has 1 aromatic heterocycles. The van der Waals surface area contributed by atoms with Gasteiger partial charge in [0.15, 0.2) is 0 Å². The lowest BCUT2D eigenvalue weighted by atomic mass is 9.73. The van der Waals surface area contributed by atoms with Gasteiger partial charge in [-0.05, 0) is 48.8 Å². The summed E-state index contributed by atoms with van der Waals surface area (Å²) in [4.78, 5) is 16.5. The van der Waals surface area contributed by atoms with Gasteiger partial charge in [0, 0.05) is 41.4 Å². The number of likely N-dealkylation sites (N-methyl/N-ethyl adjacent to an activating group) is 1. The number of hydrogen-bond acceptors (Lipinski definition) is 3. The van der Waals surface area contributed by atoms with Crippen LogP contribution >= 0.6 is 11.8 Å². The minimum Gasteiger partial charge on any atom is -0.361 e. The van der Waals surface area contributed by atoms with Gasteiger partial charge in [0.2, 0.25) is 0 Å². The number of rotatable bonds is 4. The van der Waals surface area contributed by atoms with Crippen molar-refractivity contribution >= 4 is 29.0 Å². The maximum absolute atomic E-state index is 10.5. The van der Waals surface area contributed by atoms with Gasteiger partial charge in [-0.25, -0.2) is 0 Å². The largest absolute Gasteiger partial charge is 0.361 e. The Hall–Kier alpha value is -1.26. The maximum Gasteiger partial charge on any atom is 0.129 e. The molecule has 4 rings (SSSR count). The zero-order valence-corrected chi connectivity index (χ0v) is 13.7. The van der Waals surface area contributed by atoms with E-state index in [1.165, 1.54) is 28.5 Å². The number of hydrogen-bond donors (Lipinski definition) is 1. The summed E-state index contributed by atoms with van der Waals surface area (Å²) in [6, 6.07) is 7.32. The van der Waals surface area contributed by atoms with Crippen molar-refractivity contribution < 1.29 is 4.79 Å². The second-order valence-electron chi connectivity index (χ2n) is 6.71. The number of aromatic amines is 1. The molecule has 1 aliphatic carbocycles. The Bertz CT molecular complexity index is 695. The Morgan fingerprint density at radius 3 is 3.23 bits per heavy atom. The summed E-state index contributed by atoms with van der Waals surface area (Å²) in [7, 11) is 2.27. The number of nitrogens with one attached hydrogen (secondary N) is 1. The standard InChI is InChI=1S/C18H22N2OS/c1-20-10-12(11-22-6-5-21)7-15-14-3-2-4-16-18(14)13(9-19-16)8-17(15)20/h2-5,9,12,15,17,19H,6-8,10-11H2,1H3/t12?,15-,17-/m0/s1. The highest BCUT2D eigenvalue weighted by atomic mass is 32.2. The summed E-state index contributed by atoms with van der Waals surface area (Å²) in [5.74, 6) is 3.05. The first-order chi connectivity index (χ1) is 10.8. The highest BCUT2D eigenvalue weighted by molar-refractivity contribution is 7.99. The minimum atomic E-state index is 0.626. The molecule has 1 saturated heterocycles. The van der Waals surface area contributed by atoms with Crippen LogP contribution < -0.4 is 0 Å². The van der Waals surface area contributed by atoms with Gasteiger partial charge >= 0.3 is 0 Å². The molecule has 2 heterocycles. The van der Waals surface area contributed by atoms with E-state index >= 15 is 0 Å². The zero-order chi connectivity index (χ0) is 15.1. The van der Waals surface area contributed by atoms with E-state index in [9.17, 15) is 4.79 Å². The Kier molecular flexibility index (Phi) is 3.74. The quantitative estimate of drug-likeness (QED) is 0.696. The molecular weight excluding hydrogens is 292 g/mol. The molecule has 1 aliphatic heterocycles. The first-order valence-corrected chi connectivity index (χ1v) is 9.24. The number of nitrogens with zero attached hydrogens (tertiary/aromatic N) is 1. The van der Waals surface area contributed by atoms with E-state index in [2.05, 4.69) is 41.3 Å². The SMILES string of the molecule is CN1CC(CSCC=O)C[C@H]2c3cccc4[nH]cc(c34)C[C@@H]21. The van der Waals surface area contributed by atoms with E-state index in [1.807, 2.05) is 0 Å². The maximum atomic E-state index is 10.5. The third kappa shape index (κ3) is 2.29. The Balaban J connectivity index is 1.65. The molecule has 4 heteroatoms. The van der Waals surface area contributed by atoms with Gasteiger partial charge in [0.05, 0.1) is 0 Å². The third-order valence-corrected chi connectivity index (χ3v) is 6.43. The van der Waals surface area contributed by atoms with Crippen molar-refractivity contribution in [2.24, 2.45) is 5.92 Å². The number of benzene rings is 1. The van der Waals surface area contributed by atoms with Crippen molar-refractivity contribution in [1.82, 2.24) is 9.88 Å². The van der Waals surface area contributed by atoms with E-state index < -0.39 is 0 Å². The fourth-order valence-electron chi connectivity index (χ4n) is 4.46. The first kappa shape index (κ1) is 14.3. The van der Waals surface area contributed by atoms with E-state index in [0.717, 1.165) is 25.0 Å². The summed E-state index contributed by atoms with van der Waals surface area (Å²) in [6.07, 6.45) is 5.63. The van der Waals surface area contributed by atoms with Crippen LogP contribution in [0.5, 0.6) is 0 Å². The molecule has 3 atom stereocenters. The fourth-order valence-corrected chi connectivity index (χ4v) is 5.26. The third-order valence-electron chi connectivity index (χ3n) is 5.35. The van der Waals surface area contributed by atoms with Crippen LogP contribution in [0, 0.1) is 5.92 Å². The van der Waals surface area contributed by atoms with Gasteiger partial charge in [-0.3, -0.25) is 0 Å². The molecule has 1 unspecified atom stereocenters. The molecule has 0 amide bonds. The molecule has 1 N–H and O–H groups in total. The Morgan fingerprint density at radius 2 is 2.36 bits per heavy atom. The van der Waals surface area contributed by atoms with Crippen molar-refractivity contribution in [2.75, 3.05) is 25.1 Å². The highest BCUT2D eigenvalue weighted by Crippen LogP contribution is 2.44. The first-order valence-electron chi connectivity index (χ1n) is 8.08. The summed E-state index contributed by atoms with van der Waals surface area (Å²) < 4.78 is 0. The summed E-state index contributed by atoms with van der Waals surface area (Å²) in [6.45, 7) is 1.16. The topological polar surface area (TPSA) is 36.1 Å². The second kappa shape index (κ2) is 5.74. The van der Waals surface area contributed by atoms with Crippen LogP contribution in [-0.4, -0.2) is 47.3 Å². The van der Waals surface area contributed by atoms with Gasteiger partial charge in [0.1, 0.15) is 6.29 Å². The lowest BCUT2D eigenvalue weighted by Crippen LogP contribution is -2.48. The molecule has 3 nitrogen and oxygen atoms in total. The normalized spacial score (nSPS) is 27.8. The van der Waals surface area contributed by atoms with Crippen LogP contribution in [0.25, 0.3) is 10.9 Å². The van der Waals surface area contributed by atoms with Gasteiger partial charge in [-0.15, -0.1) is 0 Å². The van der Waals surface area contributed by atoms with Crippen LogP contribution in [0.3, 0.4) is 0 Å². The molecule has 1 fully saturated rings. The number of piperidine rings is 1. The number of aromatic nitrogens is 1. The number of likely N-dealkylation sites (tertiary alicyclic amines) is 1. The van der Waals surface area contributed by atoms with Crippen molar-refractivity contribution in [3.8, 4) is 0 Å². The number of fused-ring (bicyclic) bond motifs is 2. The number of carbonyl (C=O) groups excluding carboxylic acids is 1. The molecule has 0 radical (unpaired) electrons. The number of carbonyl (C=O) groups is 1. The smallest absolute Gasteiger partial charge is 0.129 e. The van der Waals surface area contributed by atoms with E-state index in [0.29, 0.717) is 23.6 Å². The monoisotopic (exact) mass is 314 g/mol. The van der Waals surface area contributed by atoms with Gasteiger partial charge in [-0.1, -0.05) is 12.1 Å². The van der Waals surface area contributed by atoms with Crippen LogP contribution in [0.15, 0.2) is 24.4 Å². The number of H-pyrrole nitrogens is 1. The minimum absolute atomic E-state index is 0.626. The average Bonchev–Trinajstić information content (AvgIpc) is 2.94. The summed E-state index contributed by atoms with van der Waals surface area (Å²) >= 11 is 1.78. The predicted octanol–water partition coefficient (Wildman–Crippen LogP) is 3.06. The van der Waals surface area contributed by atoms with Crippen molar-refractivity contribution in [2.45, 2.75) is 24.8 Å². The lowest BCUT2D eigenvalue weighted by molar-refractivity contribution is -0.105. The van der Waals surface area contributed by atoms with Crippen molar-refractivity contribution in [3.05, 3.63) is 35.5 Å². The molecule has 22 heavy (non-hydrogen) atoms. The van der Waals surface area contributed by atoms with Crippen LogP contribution in [0.1, 0.15) is 23.5 Å². The summed E-state index contributed by atoms with van der Waals surface area (Å²) in [5, 5.41) is 1.47. The highest BCUT2D eigenvalue weighted by Gasteiger charge is 2.39. The van der Waals surface area contributed by atoms with Gasteiger partial charge in [0.25, 0.3) is 0 Å². The molecular formula is C18H22N2OS. The van der Waals surface area contributed by atoms with Crippen LogP contribution in [0.4, 0.5) is 0 Å². The van der Waals surface area contributed by atoms with E-state index in [-0.39, 0.29) is 0 Å². The number of aldehydes is 1. The van der Waals surface area contributed by atoms with Crippen molar-refractivity contribution in [1.29, 1.82) is 0 Å². The van der Waals surface area contributed by atoms with Gasteiger partial charge in [-0.2, -0.15) is 11.8 Å². The molecule has 116 valence electrons. The van der Waals surface area contributed by atoms with E-state index in [1.54, 1.807) is 11.8 Å². The van der Waals surface area contributed by atoms with Gasteiger partial charge < -0.3 is 14.7 Å². The second-order valence-corrected chi connectivity index (χ2v) is 7.78. The lowest BCUT2D eigenvalue weighted by Gasteiger charge is -2.45. The molecule has 0 spiro atoms. The zero-order valence-electron chi connectivity index (χ0n) is 12.9. The molecule has 0 saturated carbocycles. The molecule has 0 bridgehead atoms. The summed E-state index contributed by atoms with van der Waals surface area (Å²) in [5.41, 5.74) is 4.29. The van der Waals surface area contributed by atoms with Crippen LogP contribution in [-0.2, 0) is 11.2 Å². The molecule has 2 aromatic rings. The Labute approximate surface area is 135 Å². The molecule has 2 aliphatic rings. The Morgan fingerprint density at radius 1 is 1.45 bits per heavy atom. The number of thioether (sulfide) groups is 1. The van der Waals surface area contributed by atoms with E-state index in [4.69, 9.17) is 0 Å². The fraction of sp³-hybridized carbons (Fsp3) is 0.500. The average molecular weight is 314 g/mol. The molecule has 1 aromatic carbocycles. The van der Waals surface area contributed by atoms with Crippen LogP contribution in [0.2, 0.25) is 0 Å². The predicted molar refractivity (Wildman–Crippen MR) is 92.7 cm³/mol.